The Morgan fingerprint density at radius 3 is 2.75 bits per heavy atom. The SMILES string of the molecule is CC1=C2OC(C3=CC(C)CC=C3)=C(N)C(=O)[C@@H]2CC=C1. The first kappa shape index (κ1) is 13.0. The molecule has 0 bridgehead atoms. The minimum Gasteiger partial charge on any atom is -0.458 e. The van der Waals surface area contributed by atoms with Crippen LogP contribution in [0, 0.1) is 11.8 Å². The topological polar surface area (TPSA) is 52.3 Å². The first-order valence-electron chi connectivity index (χ1n) is 7.05. The summed E-state index contributed by atoms with van der Waals surface area (Å²) in [6.07, 6.45) is 11.9. The van der Waals surface area contributed by atoms with Crippen molar-refractivity contribution < 1.29 is 9.53 Å². The Labute approximate surface area is 119 Å². The lowest BCUT2D eigenvalue weighted by molar-refractivity contribution is -0.120. The highest BCUT2D eigenvalue weighted by Gasteiger charge is 2.36. The summed E-state index contributed by atoms with van der Waals surface area (Å²) in [6, 6.07) is 0. The molecule has 0 spiro atoms. The van der Waals surface area contributed by atoms with Gasteiger partial charge in [-0.1, -0.05) is 37.3 Å². The number of nitrogens with two attached hydrogens (primary N) is 1. The van der Waals surface area contributed by atoms with E-state index in [2.05, 4.69) is 19.1 Å². The number of Topliss-reactive ketones (excluding diaryl/α,β-unsaturated/α-hetero) is 1. The average Bonchev–Trinajstić information content (AvgIpc) is 2.43. The van der Waals surface area contributed by atoms with Crippen LogP contribution in [0.5, 0.6) is 0 Å². The lowest BCUT2D eigenvalue weighted by Gasteiger charge is -2.30. The van der Waals surface area contributed by atoms with E-state index in [1.807, 2.05) is 25.2 Å². The van der Waals surface area contributed by atoms with E-state index in [1.54, 1.807) is 0 Å². The maximum Gasteiger partial charge on any atom is 0.193 e. The van der Waals surface area contributed by atoms with E-state index in [9.17, 15) is 4.79 Å². The summed E-state index contributed by atoms with van der Waals surface area (Å²) in [6.45, 7) is 4.11. The summed E-state index contributed by atoms with van der Waals surface area (Å²) in [4.78, 5) is 12.5. The molecule has 0 saturated heterocycles. The first-order chi connectivity index (χ1) is 9.58. The van der Waals surface area contributed by atoms with E-state index in [1.165, 1.54) is 0 Å². The Bertz CT molecular complexity index is 617. The highest BCUT2D eigenvalue weighted by molar-refractivity contribution is 6.00. The van der Waals surface area contributed by atoms with Gasteiger partial charge in [0.25, 0.3) is 0 Å². The summed E-state index contributed by atoms with van der Waals surface area (Å²) in [5.41, 5.74) is 8.22. The van der Waals surface area contributed by atoms with Crippen LogP contribution in [0.1, 0.15) is 26.7 Å². The zero-order valence-electron chi connectivity index (χ0n) is 11.8. The Morgan fingerprint density at radius 2 is 2.00 bits per heavy atom. The molecule has 2 N–H and O–H groups in total. The summed E-state index contributed by atoms with van der Waals surface area (Å²) in [5, 5.41) is 0. The van der Waals surface area contributed by atoms with Crippen LogP contribution in [-0.4, -0.2) is 5.78 Å². The first-order valence-corrected chi connectivity index (χ1v) is 7.05. The smallest absolute Gasteiger partial charge is 0.193 e. The molecule has 104 valence electrons. The van der Waals surface area contributed by atoms with Crippen molar-refractivity contribution in [2.75, 3.05) is 0 Å². The quantitative estimate of drug-likeness (QED) is 0.795. The predicted octanol–water partition coefficient (Wildman–Crippen LogP) is 3.13. The molecule has 3 rings (SSSR count). The molecule has 0 fully saturated rings. The molecule has 1 heterocycles. The maximum absolute atomic E-state index is 12.5. The van der Waals surface area contributed by atoms with E-state index >= 15 is 0 Å². The fraction of sp³-hybridized carbons (Fsp3) is 0.353. The van der Waals surface area contributed by atoms with E-state index < -0.39 is 0 Å². The fourth-order valence-corrected chi connectivity index (χ4v) is 2.89. The van der Waals surface area contributed by atoms with Gasteiger partial charge in [0.15, 0.2) is 11.5 Å². The van der Waals surface area contributed by atoms with Crippen LogP contribution in [0.15, 0.2) is 58.7 Å². The largest absolute Gasteiger partial charge is 0.458 e. The molecule has 0 amide bonds. The van der Waals surface area contributed by atoms with Gasteiger partial charge in [0.1, 0.15) is 11.5 Å². The monoisotopic (exact) mass is 269 g/mol. The van der Waals surface area contributed by atoms with Crippen LogP contribution in [0.3, 0.4) is 0 Å². The predicted molar refractivity (Wildman–Crippen MR) is 78.3 cm³/mol. The third kappa shape index (κ3) is 2.03. The molecule has 3 nitrogen and oxygen atoms in total. The van der Waals surface area contributed by atoms with Crippen molar-refractivity contribution in [3.8, 4) is 0 Å². The summed E-state index contributed by atoms with van der Waals surface area (Å²) in [7, 11) is 0. The van der Waals surface area contributed by atoms with Gasteiger partial charge >= 0.3 is 0 Å². The van der Waals surface area contributed by atoms with E-state index in [0.717, 1.165) is 23.3 Å². The van der Waals surface area contributed by atoms with E-state index in [4.69, 9.17) is 10.5 Å². The molecule has 0 aromatic rings. The van der Waals surface area contributed by atoms with Crippen LogP contribution in [0.4, 0.5) is 0 Å². The van der Waals surface area contributed by atoms with Gasteiger partial charge in [-0.25, -0.2) is 0 Å². The van der Waals surface area contributed by atoms with Crippen molar-refractivity contribution in [1.82, 2.24) is 0 Å². The molecular formula is C17H19NO2. The molecule has 20 heavy (non-hydrogen) atoms. The van der Waals surface area contributed by atoms with E-state index in [-0.39, 0.29) is 17.4 Å². The highest BCUT2D eigenvalue weighted by atomic mass is 16.5. The Balaban J connectivity index is 2.05. The standard InChI is InChI=1S/C17H19NO2/c1-10-5-3-7-12(9-10)17-14(18)15(19)13-8-4-6-11(2)16(13)20-17/h3-4,6-7,9-10,13H,5,8,18H2,1-2H3/t10?,13-/m0/s1. The van der Waals surface area contributed by atoms with Gasteiger partial charge in [0, 0.05) is 5.57 Å². The molecule has 3 aliphatic rings. The second-order valence-electron chi connectivity index (χ2n) is 5.68. The van der Waals surface area contributed by atoms with Gasteiger partial charge in [-0.2, -0.15) is 0 Å². The van der Waals surface area contributed by atoms with Crippen molar-refractivity contribution in [2.24, 2.45) is 17.6 Å². The van der Waals surface area contributed by atoms with Gasteiger partial charge < -0.3 is 10.5 Å². The van der Waals surface area contributed by atoms with Crippen LogP contribution in [0.2, 0.25) is 0 Å². The number of hydrogen-bond donors (Lipinski definition) is 1. The number of ether oxygens (including phenoxy) is 1. The van der Waals surface area contributed by atoms with E-state index in [0.29, 0.717) is 18.1 Å². The minimum atomic E-state index is -0.241. The molecule has 1 unspecified atom stereocenters. The van der Waals surface area contributed by atoms with Gasteiger partial charge in [-0.3, -0.25) is 4.79 Å². The zero-order valence-corrected chi connectivity index (χ0v) is 11.8. The highest BCUT2D eigenvalue weighted by Crippen LogP contribution is 2.38. The van der Waals surface area contributed by atoms with Crippen molar-refractivity contribution in [3.63, 3.8) is 0 Å². The molecular weight excluding hydrogens is 250 g/mol. The number of ketones is 1. The number of carbonyl (C=O) groups excluding carboxylic acids is 1. The van der Waals surface area contributed by atoms with Crippen molar-refractivity contribution >= 4 is 5.78 Å². The molecule has 2 aliphatic carbocycles. The molecule has 3 heteroatoms. The number of hydrogen-bond acceptors (Lipinski definition) is 3. The number of rotatable bonds is 1. The third-order valence-electron chi connectivity index (χ3n) is 4.01. The Hall–Kier alpha value is -2.03. The number of allylic oxidation sites excluding steroid dienone is 8. The summed E-state index contributed by atoms with van der Waals surface area (Å²) in [5.74, 6) is 1.47. The normalized spacial score (nSPS) is 29.3. The van der Waals surface area contributed by atoms with Crippen molar-refractivity contribution in [3.05, 3.63) is 58.7 Å². The third-order valence-corrected chi connectivity index (χ3v) is 4.01. The van der Waals surface area contributed by atoms with Gasteiger partial charge in [-0.05, 0) is 31.3 Å². The average molecular weight is 269 g/mol. The lowest BCUT2D eigenvalue weighted by atomic mass is 9.85. The molecule has 0 aromatic heterocycles. The molecule has 0 aromatic carbocycles. The van der Waals surface area contributed by atoms with Gasteiger partial charge in [0.2, 0.25) is 0 Å². The van der Waals surface area contributed by atoms with Crippen LogP contribution >= 0.6 is 0 Å². The molecule has 2 atom stereocenters. The Kier molecular flexibility index (Phi) is 3.13. The minimum absolute atomic E-state index is 0.0162. The van der Waals surface area contributed by atoms with Crippen molar-refractivity contribution in [1.29, 1.82) is 0 Å². The molecule has 0 saturated carbocycles. The van der Waals surface area contributed by atoms with Crippen molar-refractivity contribution in [2.45, 2.75) is 26.7 Å². The number of fused-ring (bicyclic) bond motifs is 1. The Morgan fingerprint density at radius 1 is 1.25 bits per heavy atom. The van der Waals surface area contributed by atoms with Crippen LogP contribution in [0.25, 0.3) is 0 Å². The number of carbonyl (C=O) groups is 1. The second-order valence-corrected chi connectivity index (χ2v) is 5.68. The fourth-order valence-electron chi connectivity index (χ4n) is 2.89. The zero-order chi connectivity index (χ0) is 14.3. The van der Waals surface area contributed by atoms with Crippen LogP contribution in [-0.2, 0) is 9.53 Å². The van der Waals surface area contributed by atoms with Crippen LogP contribution < -0.4 is 5.73 Å². The summed E-state index contributed by atoms with van der Waals surface area (Å²) < 4.78 is 6.02. The summed E-state index contributed by atoms with van der Waals surface area (Å²) >= 11 is 0. The maximum atomic E-state index is 12.5. The molecule has 1 aliphatic heterocycles. The second kappa shape index (κ2) is 4.82. The van der Waals surface area contributed by atoms with Gasteiger partial charge in [-0.15, -0.1) is 0 Å². The van der Waals surface area contributed by atoms with Gasteiger partial charge in [0.05, 0.1) is 5.92 Å². The lowest BCUT2D eigenvalue weighted by Crippen LogP contribution is -2.32. The molecule has 0 radical (unpaired) electrons.